The van der Waals surface area contributed by atoms with Crippen molar-refractivity contribution in [1.82, 2.24) is 24.9 Å². The summed E-state index contributed by atoms with van der Waals surface area (Å²) in [5, 5.41) is 9.77. The van der Waals surface area contributed by atoms with Gasteiger partial charge in [-0.05, 0) is 39.7 Å². The predicted molar refractivity (Wildman–Crippen MR) is 98.1 cm³/mol. The lowest BCUT2D eigenvalue weighted by atomic mass is 10.1. The van der Waals surface area contributed by atoms with E-state index in [4.69, 9.17) is 0 Å². The van der Waals surface area contributed by atoms with Crippen molar-refractivity contribution in [2.24, 2.45) is 0 Å². The number of nitrogens with zero attached hydrogens (tertiary/aromatic N) is 7. The van der Waals surface area contributed by atoms with E-state index in [-0.39, 0.29) is 12.1 Å². The number of anilines is 2. The maximum Gasteiger partial charge on any atom is 0.228 e. The quantitative estimate of drug-likeness (QED) is 0.886. The topological polar surface area (TPSA) is 91.2 Å². The Hall–Kier alpha value is -2.35. The van der Waals surface area contributed by atoms with Crippen LogP contribution in [0.4, 0.5) is 11.8 Å². The second-order valence-electron chi connectivity index (χ2n) is 7.38. The van der Waals surface area contributed by atoms with E-state index in [1.54, 1.807) is 19.4 Å². The van der Waals surface area contributed by atoms with E-state index >= 15 is 0 Å². The standard InChI is InChI=1S/C18H25N7O/c1-11-8-24(18-21-10-20-17(23-18)14-4-5-14)9-12(2)25(11)15-6-7-19-16(22-15)13(3)26/h6-7,10-14,26H,4-5,8-9H2,1-3H3/t11-,12+,13-/m1/s1. The summed E-state index contributed by atoms with van der Waals surface area (Å²) in [4.78, 5) is 26.6. The normalized spacial score (nSPS) is 24.6. The molecule has 0 radical (unpaired) electrons. The zero-order valence-electron chi connectivity index (χ0n) is 15.4. The van der Waals surface area contributed by atoms with Crippen molar-refractivity contribution in [1.29, 1.82) is 0 Å². The summed E-state index contributed by atoms with van der Waals surface area (Å²) in [5.74, 6) is 3.52. The minimum atomic E-state index is -0.673. The lowest BCUT2D eigenvalue weighted by Gasteiger charge is -2.45. The molecule has 138 valence electrons. The fraction of sp³-hybridized carbons (Fsp3) is 0.611. The molecule has 1 N–H and O–H groups in total. The Labute approximate surface area is 153 Å². The Balaban J connectivity index is 1.54. The van der Waals surface area contributed by atoms with Gasteiger partial charge in [0.25, 0.3) is 0 Å². The Morgan fingerprint density at radius 2 is 1.81 bits per heavy atom. The summed E-state index contributed by atoms with van der Waals surface area (Å²) in [6.45, 7) is 7.66. The van der Waals surface area contributed by atoms with Crippen LogP contribution in [0.1, 0.15) is 57.3 Å². The van der Waals surface area contributed by atoms with Crippen molar-refractivity contribution < 1.29 is 5.11 Å². The molecule has 0 spiro atoms. The fourth-order valence-corrected chi connectivity index (χ4v) is 3.64. The van der Waals surface area contributed by atoms with Crippen LogP contribution in [0.15, 0.2) is 18.6 Å². The Kier molecular flexibility index (Phi) is 4.44. The predicted octanol–water partition coefficient (Wildman–Crippen LogP) is 1.70. The lowest BCUT2D eigenvalue weighted by Crippen LogP contribution is -2.57. The van der Waals surface area contributed by atoms with Crippen LogP contribution in [0.25, 0.3) is 0 Å². The molecular weight excluding hydrogens is 330 g/mol. The number of aromatic nitrogens is 5. The van der Waals surface area contributed by atoms with Crippen LogP contribution in [0.5, 0.6) is 0 Å². The third kappa shape index (κ3) is 3.33. The molecule has 2 aromatic heterocycles. The van der Waals surface area contributed by atoms with Crippen LogP contribution in [0, 0.1) is 0 Å². The van der Waals surface area contributed by atoms with Crippen LogP contribution >= 0.6 is 0 Å². The molecule has 2 aliphatic rings. The summed E-state index contributed by atoms with van der Waals surface area (Å²) in [6, 6.07) is 2.37. The highest BCUT2D eigenvalue weighted by Crippen LogP contribution is 2.38. The van der Waals surface area contributed by atoms with Crippen LogP contribution < -0.4 is 9.80 Å². The first-order valence-electron chi connectivity index (χ1n) is 9.26. The van der Waals surface area contributed by atoms with Crippen molar-refractivity contribution in [2.45, 2.75) is 57.7 Å². The van der Waals surface area contributed by atoms with Gasteiger partial charge in [-0.3, -0.25) is 0 Å². The molecule has 1 saturated carbocycles. The van der Waals surface area contributed by atoms with Gasteiger partial charge in [0.1, 0.15) is 24.1 Å². The SMILES string of the molecule is C[C@@H]1CN(c2ncnc(C3CC3)n2)C[C@H](C)N1c1ccnc([C@@H](C)O)n1. The summed E-state index contributed by atoms with van der Waals surface area (Å²) in [5.41, 5.74) is 0. The number of aliphatic hydroxyl groups excluding tert-OH is 1. The Morgan fingerprint density at radius 3 is 2.46 bits per heavy atom. The number of hydrogen-bond acceptors (Lipinski definition) is 8. The molecule has 1 saturated heterocycles. The smallest absolute Gasteiger partial charge is 0.228 e. The van der Waals surface area contributed by atoms with Gasteiger partial charge in [-0.2, -0.15) is 4.98 Å². The number of rotatable bonds is 4. The molecule has 0 aromatic carbocycles. The molecule has 8 nitrogen and oxygen atoms in total. The first-order chi connectivity index (χ1) is 12.5. The summed E-state index contributed by atoms with van der Waals surface area (Å²) in [7, 11) is 0. The third-order valence-electron chi connectivity index (χ3n) is 5.02. The highest BCUT2D eigenvalue weighted by molar-refractivity contribution is 5.45. The van der Waals surface area contributed by atoms with Gasteiger partial charge in [0.2, 0.25) is 5.95 Å². The van der Waals surface area contributed by atoms with Gasteiger partial charge in [-0.1, -0.05) is 0 Å². The Morgan fingerprint density at radius 1 is 1.08 bits per heavy atom. The van der Waals surface area contributed by atoms with E-state index < -0.39 is 6.10 Å². The van der Waals surface area contributed by atoms with Crippen LogP contribution in [-0.2, 0) is 0 Å². The molecule has 4 rings (SSSR count). The zero-order valence-corrected chi connectivity index (χ0v) is 15.4. The average molecular weight is 355 g/mol. The van der Waals surface area contributed by atoms with E-state index in [0.29, 0.717) is 11.7 Å². The molecule has 0 amide bonds. The number of hydrogen-bond donors (Lipinski definition) is 1. The van der Waals surface area contributed by atoms with Crippen LogP contribution in [-0.4, -0.2) is 55.2 Å². The maximum absolute atomic E-state index is 9.77. The van der Waals surface area contributed by atoms with E-state index in [0.717, 1.165) is 30.7 Å². The first kappa shape index (κ1) is 17.1. The van der Waals surface area contributed by atoms with E-state index in [9.17, 15) is 5.11 Å². The minimum Gasteiger partial charge on any atom is -0.385 e. The average Bonchev–Trinajstić information content (AvgIpc) is 3.46. The lowest BCUT2D eigenvalue weighted by molar-refractivity contribution is 0.189. The van der Waals surface area contributed by atoms with Gasteiger partial charge in [0.15, 0.2) is 5.82 Å². The molecule has 2 aromatic rings. The second-order valence-corrected chi connectivity index (χ2v) is 7.38. The molecule has 8 heteroatoms. The molecular formula is C18H25N7O. The summed E-state index contributed by atoms with van der Waals surface area (Å²) < 4.78 is 0. The van der Waals surface area contributed by atoms with Gasteiger partial charge in [0, 0.05) is 37.3 Å². The third-order valence-corrected chi connectivity index (χ3v) is 5.02. The Bertz CT molecular complexity index is 768. The highest BCUT2D eigenvalue weighted by atomic mass is 16.3. The highest BCUT2D eigenvalue weighted by Gasteiger charge is 2.33. The van der Waals surface area contributed by atoms with Gasteiger partial charge in [0.05, 0.1) is 0 Å². The molecule has 1 aliphatic carbocycles. The second kappa shape index (κ2) is 6.75. The molecule has 1 aliphatic heterocycles. The van der Waals surface area contributed by atoms with Crippen LogP contribution in [0.3, 0.4) is 0 Å². The van der Waals surface area contributed by atoms with E-state index in [1.807, 2.05) is 6.07 Å². The van der Waals surface area contributed by atoms with E-state index in [1.165, 1.54) is 12.8 Å². The van der Waals surface area contributed by atoms with Gasteiger partial charge in [-0.25, -0.2) is 19.9 Å². The molecule has 3 atom stereocenters. The zero-order chi connectivity index (χ0) is 18.3. The fourth-order valence-electron chi connectivity index (χ4n) is 3.64. The van der Waals surface area contributed by atoms with Gasteiger partial charge >= 0.3 is 0 Å². The molecule has 0 unspecified atom stereocenters. The van der Waals surface area contributed by atoms with Crippen molar-refractivity contribution in [3.63, 3.8) is 0 Å². The van der Waals surface area contributed by atoms with Crippen LogP contribution in [0.2, 0.25) is 0 Å². The number of aliphatic hydroxyl groups is 1. The summed E-state index contributed by atoms with van der Waals surface area (Å²) >= 11 is 0. The first-order valence-corrected chi connectivity index (χ1v) is 9.26. The largest absolute Gasteiger partial charge is 0.385 e. The van der Waals surface area contributed by atoms with Gasteiger partial charge in [-0.15, -0.1) is 0 Å². The minimum absolute atomic E-state index is 0.233. The molecule has 3 heterocycles. The maximum atomic E-state index is 9.77. The van der Waals surface area contributed by atoms with Gasteiger partial charge < -0.3 is 14.9 Å². The van der Waals surface area contributed by atoms with Crippen molar-refractivity contribution >= 4 is 11.8 Å². The van der Waals surface area contributed by atoms with Crippen molar-refractivity contribution in [3.8, 4) is 0 Å². The van der Waals surface area contributed by atoms with Crippen molar-refractivity contribution in [3.05, 3.63) is 30.2 Å². The molecule has 26 heavy (non-hydrogen) atoms. The molecule has 2 fully saturated rings. The molecule has 0 bridgehead atoms. The monoisotopic (exact) mass is 355 g/mol. The summed E-state index contributed by atoms with van der Waals surface area (Å²) in [6.07, 6.45) is 5.04. The van der Waals surface area contributed by atoms with Crippen molar-refractivity contribution in [2.75, 3.05) is 22.9 Å². The number of piperazine rings is 1. The van der Waals surface area contributed by atoms with E-state index in [2.05, 4.69) is 48.6 Å².